The van der Waals surface area contributed by atoms with Crippen molar-refractivity contribution in [3.05, 3.63) is 54.9 Å². The smallest absolute Gasteiger partial charge is 0.305 e. The average molecular weight is 565 g/mol. The molecule has 154 valence electrons. The van der Waals surface area contributed by atoms with Crippen LogP contribution in [0.5, 0.6) is 11.5 Å². The number of carbonyl (C=O) groups is 1. The van der Waals surface area contributed by atoms with Gasteiger partial charge in [0.1, 0.15) is 0 Å². The third-order valence-corrected chi connectivity index (χ3v) is 4.51. The molecule has 0 aromatic heterocycles. The fourth-order valence-corrected chi connectivity index (χ4v) is 3.42. The van der Waals surface area contributed by atoms with E-state index in [0.717, 1.165) is 6.07 Å². The molecule has 0 amide bonds. The molecule has 1 N–H and O–H groups in total. The summed E-state index contributed by atoms with van der Waals surface area (Å²) in [5, 5.41) is 9.00. The standard InChI is InChI=1S/C12H13BrClFO3.C6H3BrClFO/c1-2-17-11(16)4-3-5-18-12-9(14)6-8(13)7-10(12)15;7-3-1-4(8)6(10)5(9)2-3/h6-7H,2-5H2,1H3;1-2,10H. The first-order valence-corrected chi connectivity index (χ1v) is 10.3. The molecule has 0 saturated heterocycles. The van der Waals surface area contributed by atoms with Crippen molar-refractivity contribution in [1.29, 1.82) is 0 Å². The Morgan fingerprint density at radius 2 is 1.64 bits per heavy atom. The van der Waals surface area contributed by atoms with Crippen LogP contribution in [0.25, 0.3) is 0 Å². The molecule has 0 fully saturated rings. The van der Waals surface area contributed by atoms with Gasteiger partial charge < -0.3 is 14.6 Å². The molecule has 4 nitrogen and oxygen atoms in total. The molecule has 2 aromatic carbocycles. The normalized spacial score (nSPS) is 10.1. The third-order valence-electron chi connectivity index (χ3n) is 3.02. The number of hydrogen-bond donors (Lipinski definition) is 1. The Bertz CT molecular complexity index is 776. The van der Waals surface area contributed by atoms with Crippen LogP contribution >= 0.6 is 55.1 Å². The van der Waals surface area contributed by atoms with E-state index in [1.165, 1.54) is 12.1 Å². The second-order valence-electron chi connectivity index (χ2n) is 5.17. The van der Waals surface area contributed by atoms with Crippen molar-refractivity contribution < 1.29 is 28.2 Å². The van der Waals surface area contributed by atoms with Gasteiger partial charge in [0.25, 0.3) is 0 Å². The first kappa shape index (κ1) is 24.9. The Morgan fingerprint density at radius 3 is 2.18 bits per heavy atom. The van der Waals surface area contributed by atoms with E-state index in [2.05, 4.69) is 31.9 Å². The van der Waals surface area contributed by atoms with Crippen LogP contribution in [0.4, 0.5) is 8.78 Å². The van der Waals surface area contributed by atoms with E-state index in [-0.39, 0.29) is 34.8 Å². The number of hydrogen-bond acceptors (Lipinski definition) is 4. The number of benzene rings is 2. The largest absolute Gasteiger partial charge is 0.504 e. The van der Waals surface area contributed by atoms with E-state index < -0.39 is 17.4 Å². The Morgan fingerprint density at radius 1 is 1.07 bits per heavy atom. The van der Waals surface area contributed by atoms with Crippen LogP contribution in [0.1, 0.15) is 19.8 Å². The Kier molecular flexibility index (Phi) is 11.1. The molecule has 0 saturated carbocycles. The van der Waals surface area contributed by atoms with E-state index in [4.69, 9.17) is 37.8 Å². The maximum atomic E-state index is 13.5. The molecule has 10 heteroatoms. The van der Waals surface area contributed by atoms with Gasteiger partial charge in [-0.1, -0.05) is 55.1 Å². The summed E-state index contributed by atoms with van der Waals surface area (Å²) >= 11 is 17.4. The lowest BCUT2D eigenvalue weighted by atomic mass is 10.3. The van der Waals surface area contributed by atoms with Gasteiger partial charge in [0.05, 0.1) is 23.3 Å². The van der Waals surface area contributed by atoms with Crippen molar-refractivity contribution in [1.82, 2.24) is 0 Å². The Balaban J connectivity index is 0.000000330. The van der Waals surface area contributed by atoms with Crippen molar-refractivity contribution in [2.75, 3.05) is 13.2 Å². The monoisotopic (exact) mass is 562 g/mol. The lowest BCUT2D eigenvalue weighted by Gasteiger charge is -2.09. The molecule has 0 heterocycles. The number of halogens is 6. The number of esters is 1. The van der Waals surface area contributed by atoms with E-state index in [0.29, 0.717) is 22.0 Å². The second-order valence-corrected chi connectivity index (χ2v) is 7.82. The van der Waals surface area contributed by atoms with Crippen molar-refractivity contribution in [2.45, 2.75) is 19.8 Å². The summed E-state index contributed by atoms with van der Waals surface area (Å²) in [6.45, 7) is 2.30. The fourth-order valence-electron chi connectivity index (χ4n) is 1.83. The zero-order valence-corrected chi connectivity index (χ0v) is 19.3. The van der Waals surface area contributed by atoms with E-state index >= 15 is 0 Å². The highest BCUT2D eigenvalue weighted by Gasteiger charge is 2.11. The maximum Gasteiger partial charge on any atom is 0.305 e. The lowest BCUT2D eigenvalue weighted by Crippen LogP contribution is -2.07. The van der Waals surface area contributed by atoms with Gasteiger partial charge in [-0.2, -0.15) is 0 Å². The van der Waals surface area contributed by atoms with Gasteiger partial charge in [0.2, 0.25) is 0 Å². The van der Waals surface area contributed by atoms with E-state index in [1.807, 2.05) is 0 Å². The summed E-state index contributed by atoms with van der Waals surface area (Å²) in [6.07, 6.45) is 0.689. The van der Waals surface area contributed by atoms with Crippen LogP contribution in [-0.4, -0.2) is 24.3 Å². The number of phenols is 1. The molecule has 0 spiro atoms. The van der Waals surface area contributed by atoms with Crippen LogP contribution in [0, 0.1) is 11.6 Å². The number of rotatable bonds is 6. The Labute approximate surface area is 188 Å². The summed E-state index contributed by atoms with van der Waals surface area (Å²) in [6, 6.07) is 5.37. The van der Waals surface area contributed by atoms with Crippen molar-refractivity contribution in [3.63, 3.8) is 0 Å². The van der Waals surface area contributed by atoms with Crippen LogP contribution in [0.15, 0.2) is 33.2 Å². The van der Waals surface area contributed by atoms with Crippen LogP contribution in [-0.2, 0) is 9.53 Å². The van der Waals surface area contributed by atoms with Gasteiger partial charge in [-0.3, -0.25) is 4.79 Å². The molecule has 0 aliphatic carbocycles. The van der Waals surface area contributed by atoms with E-state index in [9.17, 15) is 13.6 Å². The zero-order chi connectivity index (χ0) is 21.3. The SMILES string of the molecule is CCOC(=O)CCCOc1c(F)cc(Br)cc1Cl.Oc1c(F)cc(Br)cc1Cl. The predicted octanol–water partition coefficient (Wildman–Crippen LogP) is 6.91. The second kappa shape index (κ2) is 12.5. The van der Waals surface area contributed by atoms with Gasteiger partial charge in [0.15, 0.2) is 23.1 Å². The van der Waals surface area contributed by atoms with Gasteiger partial charge >= 0.3 is 5.97 Å². The number of phenolic OH excluding ortho intramolecular Hbond substituents is 1. The van der Waals surface area contributed by atoms with Gasteiger partial charge in [0, 0.05) is 15.4 Å². The average Bonchev–Trinajstić information content (AvgIpc) is 2.59. The van der Waals surface area contributed by atoms with Gasteiger partial charge in [-0.15, -0.1) is 0 Å². The van der Waals surface area contributed by atoms with Crippen molar-refractivity contribution in [3.8, 4) is 11.5 Å². The maximum absolute atomic E-state index is 13.5. The van der Waals surface area contributed by atoms with Crippen molar-refractivity contribution in [2.24, 2.45) is 0 Å². The highest BCUT2D eigenvalue weighted by Crippen LogP contribution is 2.31. The molecule has 0 unspecified atom stereocenters. The molecule has 0 bridgehead atoms. The molecular formula is C18H16Br2Cl2F2O4. The van der Waals surface area contributed by atoms with Gasteiger partial charge in [-0.25, -0.2) is 8.78 Å². The summed E-state index contributed by atoms with van der Waals surface area (Å²) < 4.78 is 37.0. The molecule has 0 aliphatic rings. The first-order chi connectivity index (χ1) is 13.1. The zero-order valence-electron chi connectivity index (χ0n) is 14.6. The molecule has 0 aliphatic heterocycles. The third kappa shape index (κ3) is 8.51. The summed E-state index contributed by atoms with van der Waals surface area (Å²) in [5.41, 5.74) is 0. The molecule has 0 atom stereocenters. The minimum absolute atomic E-state index is 0.00345. The summed E-state index contributed by atoms with van der Waals surface area (Å²) in [4.78, 5) is 11.0. The van der Waals surface area contributed by atoms with Crippen LogP contribution < -0.4 is 4.74 Å². The lowest BCUT2D eigenvalue weighted by molar-refractivity contribution is -0.143. The Hall–Kier alpha value is -1.09. The number of aromatic hydroxyl groups is 1. The summed E-state index contributed by atoms with van der Waals surface area (Å²) in [5.74, 6) is -2.05. The summed E-state index contributed by atoms with van der Waals surface area (Å²) in [7, 11) is 0. The first-order valence-electron chi connectivity index (χ1n) is 7.92. The minimum Gasteiger partial charge on any atom is -0.504 e. The molecule has 0 radical (unpaired) electrons. The highest BCUT2D eigenvalue weighted by molar-refractivity contribution is 9.10. The van der Waals surface area contributed by atoms with Crippen molar-refractivity contribution >= 4 is 61.0 Å². The molecule has 28 heavy (non-hydrogen) atoms. The quantitative estimate of drug-likeness (QED) is 0.306. The minimum atomic E-state index is -0.723. The number of ether oxygens (including phenoxy) is 2. The number of carbonyl (C=O) groups excluding carboxylic acids is 1. The molecule has 2 rings (SSSR count). The predicted molar refractivity (Wildman–Crippen MR) is 111 cm³/mol. The highest BCUT2D eigenvalue weighted by atomic mass is 79.9. The fraction of sp³-hybridized carbons (Fsp3) is 0.278. The van der Waals surface area contributed by atoms with Crippen LogP contribution in [0.3, 0.4) is 0 Å². The van der Waals surface area contributed by atoms with Crippen LogP contribution in [0.2, 0.25) is 10.0 Å². The van der Waals surface area contributed by atoms with E-state index in [1.54, 1.807) is 13.0 Å². The van der Waals surface area contributed by atoms with Gasteiger partial charge in [-0.05, 0) is 37.6 Å². The molecule has 2 aromatic rings. The topological polar surface area (TPSA) is 55.8 Å². The molecular weight excluding hydrogens is 549 g/mol.